The number of aryl methyl sites for hydroxylation is 1. The lowest BCUT2D eigenvalue weighted by Crippen LogP contribution is -2.50. The maximum Gasteiger partial charge on any atom is 0.329 e. The summed E-state index contributed by atoms with van der Waals surface area (Å²) in [5.41, 5.74) is -0.303. The molecule has 1 aliphatic heterocycles. The molecule has 100 valence electrons. The first-order valence-electron chi connectivity index (χ1n) is 5.91. The molecule has 1 saturated heterocycles. The second kappa shape index (κ2) is 5.20. The van der Waals surface area contributed by atoms with Gasteiger partial charge in [-0.2, -0.15) is 5.26 Å². The van der Waals surface area contributed by atoms with Crippen LogP contribution in [0.1, 0.15) is 24.2 Å². The van der Waals surface area contributed by atoms with Gasteiger partial charge in [-0.3, -0.25) is 0 Å². The molecule has 0 atom stereocenters. The predicted molar refractivity (Wildman–Crippen MR) is 65.5 cm³/mol. The molecule has 2 N–H and O–H groups in total. The van der Waals surface area contributed by atoms with Crippen molar-refractivity contribution in [2.45, 2.75) is 25.3 Å². The summed E-state index contributed by atoms with van der Waals surface area (Å²) in [5, 5.41) is 21.1. The summed E-state index contributed by atoms with van der Waals surface area (Å²) in [7, 11) is 0. The molecular formula is C12H14N4O3. The molecule has 0 aliphatic carbocycles. The highest BCUT2D eigenvalue weighted by Crippen LogP contribution is 2.25. The molecule has 1 aromatic heterocycles. The third-order valence-electron chi connectivity index (χ3n) is 3.08. The molecule has 0 radical (unpaired) electrons. The molecule has 0 unspecified atom stereocenters. The highest BCUT2D eigenvalue weighted by molar-refractivity contribution is 5.82. The molecule has 1 aliphatic rings. The van der Waals surface area contributed by atoms with Gasteiger partial charge in [-0.25, -0.2) is 14.8 Å². The first kappa shape index (κ1) is 13.2. The summed E-state index contributed by atoms with van der Waals surface area (Å²) in [5.74, 6) is -0.791. The molecule has 0 spiro atoms. The number of anilines is 1. The molecule has 2 heterocycles. The van der Waals surface area contributed by atoms with Gasteiger partial charge < -0.3 is 15.2 Å². The number of ether oxygens (including phenoxy) is 1. The maximum atomic E-state index is 11.5. The van der Waals surface area contributed by atoms with Crippen LogP contribution < -0.4 is 5.32 Å². The molecule has 0 aromatic carbocycles. The average Bonchev–Trinajstić information content (AvgIpc) is 2.38. The van der Waals surface area contributed by atoms with Crippen molar-refractivity contribution in [1.82, 2.24) is 9.97 Å². The number of carboxylic acids is 1. The van der Waals surface area contributed by atoms with E-state index < -0.39 is 11.5 Å². The Morgan fingerprint density at radius 2 is 2.21 bits per heavy atom. The average molecular weight is 262 g/mol. The SMILES string of the molecule is Cc1cc(C#N)nc(NC2(C(=O)O)CCOCC2)n1. The summed E-state index contributed by atoms with van der Waals surface area (Å²) >= 11 is 0. The standard InChI is InChI=1S/C12H14N4O3/c1-8-6-9(7-13)15-11(14-8)16-12(10(17)18)2-4-19-5-3-12/h6H,2-5H2,1H3,(H,17,18)(H,14,15,16). The zero-order valence-corrected chi connectivity index (χ0v) is 10.5. The lowest BCUT2D eigenvalue weighted by molar-refractivity contribution is -0.145. The topological polar surface area (TPSA) is 108 Å². The third kappa shape index (κ3) is 2.80. The quantitative estimate of drug-likeness (QED) is 0.825. The Morgan fingerprint density at radius 3 is 2.79 bits per heavy atom. The second-order valence-electron chi connectivity index (χ2n) is 4.45. The lowest BCUT2D eigenvalue weighted by Gasteiger charge is -2.33. The van der Waals surface area contributed by atoms with E-state index in [2.05, 4.69) is 15.3 Å². The molecule has 0 bridgehead atoms. The van der Waals surface area contributed by atoms with E-state index >= 15 is 0 Å². The minimum Gasteiger partial charge on any atom is -0.480 e. The highest BCUT2D eigenvalue weighted by Gasteiger charge is 2.41. The van der Waals surface area contributed by atoms with Crippen molar-refractivity contribution >= 4 is 11.9 Å². The van der Waals surface area contributed by atoms with Crippen molar-refractivity contribution in [3.8, 4) is 6.07 Å². The first-order chi connectivity index (χ1) is 9.05. The molecule has 7 heteroatoms. The number of carboxylic acid groups (broad SMARTS) is 1. The zero-order chi connectivity index (χ0) is 13.9. The summed E-state index contributed by atoms with van der Waals surface area (Å²) in [6.07, 6.45) is 0.670. The van der Waals surface area contributed by atoms with Crippen LogP contribution in [0.5, 0.6) is 0 Å². The van der Waals surface area contributed by atoms with Gasteiger partial charge in [0, 0.05) is 31.7 Å². The van der Waals surface area contributed by atoms with Crippen molar-refractivity contribution in [2.24, 2.45) is 0 Å². The largest absolute Gasteiger partial charge is 0.480 e. The van der Waals surface area contributed by atoms with Crippen LogP contribution in [0.2, 0.25) is 0 Å². The number of nitrogens with zero attached hydrogens (tertiary/aromatic N) is 3. The van der Waals surface area contributed by atoms with Crippen molar-refractivity contribution in [2.75, 3.05) is 18.5 Å². The van der Waals surface area contributed by atoms with E-state index in [0.717, 1.165) is 0 Å². The normalized spacial score (nSPS) is 17.5. The smallest absolute Gasteiger partial charge is 0.329 e. The number of aromatic nitrogens is 2. The van der Waals surface area contributed by atoms with Gasteiger partial charge in [0.2, 0.25) is 5.95 Å². The minimum atomic E-state index is -1.13. The van der Waals surface area contributed by atoms with Crippen LogP contribution in [0, 0.1) is 18.3 Å². The predicted octanol–water partition coefficient (Wildman–Crippen LogP) is 0.702. The highest BCUT2D eigenvalue weighted by atomic mass is 16.5. The van der Waals surface area contributed by atoms with Crippen molar-refractivity contribution in [1.29, 1.82) is 5.26 Å². The van der Waals surface area contributed by atoms with E-state index in [-0.39, 0.29) is 11.6 Å². The van der Waals surface area contributed by atoms with Crippen molar-refractivity contribution in [3.63, 3.8) is 0 Å². The zero-order valence-electron chi connectivity index (χ0n) is 10.5. The van der Waals surface area contributed by atoms with Gasteiger partial charge in [-0.1, -0.05) is 0 Å². The molecule has 0 saturated carbocycles. The van der Waals surface area contributed by atoms with Crippen LogP contribution >= 0.6 is 0 Å². The van der Waals surface area contributed by atoms with Gasteiger partial charge >= 0.3 is 5.97 Å². The van der Waals surface area contributed by atoms with Gasteiger partial charge in [0.25, 0.3) is 0 Å². The fourth-order valence-electron chi connectivity index (χ4n) is 2.01. The Bertz CT molecular complexity index is 532. The molecule has 2 rings (SSSR count). The number of hydrogen-bond donors (Lipinski definition) is 2. The third-order valence-corrected chi connectivity index (χ3v) is 3.08. The fourth-order valence-corrected chi connectivity index (χ4v) is 2.01. The van der Waals surface area contributed by atoms with E-state index in [1.54, 1.807) is 13.0 Å². The lowest BCUT2D eigenvalue weighted by atomic mass is 9.90. The van der Waals surface area contributed by atoms with Crippen LogP contribution in [0.4, 0.5) is 5.95 Å². The van der Waals surface area contributed by atoms with E-state index in [0.29, 0.717) is 31.7 Å². The number of rotatable bonds is 3. The number of nitriles is 1. The number of nitrogens with one attached hydrogen (secondary N) is 1. The van der Waals surface area contributed by atoms with E-state index in [4.69, 9.17) is 10.00 Å². The van der Waals surface area contributed by atoms with Crippen LogP contribution in [-0.2, 0) is 9.53 Å². The van der Waals surface area contributed by atoms with Gasteiger partial charge in [-0.15, -0.1) is 0 Å². The van der Waals surface area contributed by atoms with Gasteiger partial charge in [0.15, 0.2) is 0 Å². The molecule has 1 aromatic rings. The van der Waals surface area contributed by atoms with Crippen LogP contribution in [-0.4, -0.2) is 39.8 Å². The van der Waals surface area contributed by atoms with Gasteiger partial charge in [0.05, 0.1) is 0 Å². The summed E-state index contributed by atoms with van der Waals surface area (Å²) in [6.45, 7) is 2.47. The number of hydrogen-bond acceptors (Lipinski definition) is 6. The van der Waals surface area contributed by atoms with Crippen molar-refractivity contribution in [3.05, 3.63) is 17.5 Å². The molecule has 19 heavy (non-hydrogen) atoms. The molecular weight excluding hydrogens is 248 g/mol. The van der Waals surface area contributed by atoms with E-state index in [1.165, 1.54) is 0 Å². The van der Waals surface area contributed by atoms with Gasteiger partial charge in [0.1, 0.15) is 17.3 Å². The summed E-state index contributed by atoms with van der Waals surface area (Å²) in [4.78, 5) is 19.6. The molecule has 0 amide bonds. The van der Waals surface area contributed by atoms with Crippen LogP contribution in [0.25, 0.3) is 0 Å². The summed E-state index contributed by atoms with van der Waals surface area (Å²) in [6, 6.07) is 3.47. The minimum absolute atomic E-state index is 0.167. The molecule has 1 fully saturated rings. The van der Waals surface area contributed by atoms with Gasteiger partial charge in [-0.05, 0) is 13.0 Å². The maximum absolute atomic E-state index is 11.5. The second-order valence-corrected chi connectivity index (χ2v) is 4.45. The van der Waals surface area contributed by atoms with Crippen molar-refractivity contribution < 1.29 is 14.6 Å². The Hall–Kier alpha value is -2.20. The monoisotopic (exact) mass is 262 g/mol. The Labute approximate surface area is 110 Å². The fraction of sp³-hybridized carbons (Fsp3) is 0.500. The summed E-state index contributed by atoms with van der Waals surface area (Å²) < 4.78 is 5.18. The first-order valence-corrected chi connectivity index (χ1v) is 5.91. The van der Waals surface area contributed by atoms with Crippen LogP contribution in [0.3, 0.4) is 0 Å². The van der Waals surface area contributed by atoms with E-state index in [9.17, 15) is 9.90 Å². The molecule has 7 nitrogen and oxygen atoms in total. The Kier molecular flexibility index (Phi) is 3.62. The Balaban J connectivity index is 2.29. The number of carbonyl (C=O) groups is 1. The number of aliphatic carboxylic acids is 1. The van der Waals surface area contributed by atoms with E-state index in [1.807, 2.05) is 6.07 Å². The Morgan fingerprint density at radius 1 is 1.53 bits per heavy atom. The van der Waals surface area contributed by atoms with Crippen LogP contribution in [0.15, 0.2) is 6.07 Å².